The van der Waals surface area contributed by atoms with Crippen LogP contribution in [0.25, 0.3) is 0 Å². The van der Waals surface area contributed by atoms with E-state index in [4.69, 9.17) is 0 Å². The van der Waals surface area contributed by atoms with Gasteiger partial charge in [0.1, 0.15) is 0 Å². The topological polar surface area (TPSA) is 28.4 Å². The number of aromatic nitrogens is 1. The van der Waals surface area contributed by atoms with Crippen LogP contribution in [-0.4, -0.2) is 33.8 Å². The van der Waals surface area contributed by atoms with E-state index in [-0.39, 0.29) is 0 Å². The van der Waals surface area contributed by atoms with Crippen molar-refractivity contribution < 1.29 is 5.11 Å². The van der Waals surface area contributed by atoms with Crippen molar-refractivity contribution in [3.8, 4) is 0 Å². The van der Waals surface area contributed by atoms with Gasteiger partial charge in [-0.1, -0.05) is 30.3 Å². The first-order valence-corrected chi connectivity index (χ1v) is 8.28. The minimum atomic E-state index is 0.318. The van der Waals surface area contributed by atoms with E-state index < -0.39 is 0 Å². The Bertz CT molecular complexity index is 578. The van der Waals surface area contributed by atoms with Crippen LogP contribution in [0.5, 0.6) is 0 Å². The van der Waals surface area contributed by atoms with Crippen LogP contribution < -0.4 is 0 Å². The minimum absolute atomic E-state index is 0.318. The average Bonchev–Trinajstić information content (AvgIpc) is 2.97. The minimum Gasteiger partial charge on any atom is -0.396 e. The Morgan fingerprint density at radius 3 is 2.64 bits per heavy atom. The van der Waals surface area contributed by atoms with Crippen LogP contribution in [0.3, 0.4) is 0 Å². The third-order valence-electron chi connectivity index (χ3n) is 4.77. The molecule has 1 saturated heterocycles. The lowest BCUT2D eigenvalue weighted by Gasteiger charge is -2.37. The van der Waals surface area contributed by atoms with Crippen LogP contribution in [0.4, 0.5) is 0 Å². The van der Waals surface area contributed by atoms with E-state index in [0.29, 0.717) is 18.6 Å². The zero-order chi connectivity index (χ0) is 15.4. The van der Waals surface area contributed by atoms with Crippen molar-refractivity contribution >= 4 is 0 Å². The van der Waals surface area contributed by atoms with E-state index in [2.05, 4.69) is 65.2 Å². The molecule has 0 aliphatic carbocycles. The Labute approximate surface area is 133 Å². The molecule has 3 nitrogen and oxygen atoms in total. The molecule has 0 spiro atoms. The molecule has 1 aromatic heterocycles. The number of aliphatic hydroxyl groups is 1. The van der Waals surface area contributed by atoms with Crippen LogP contribution in [0.15, 0.2) is 48.8 Å². The molecule has 0 radical (unpaired) electrons. The van der Waals surface area contributed by atoms with Crippen molar-refractivity contribution in [1.29, 1.82) is 0 Å². The fraction of sp³-hybridized carbons (Fsp3) is 0.474. The molecular formula is C19H26N2O. The summed E-state index contributed by atoms with van der Waals surface area (Å²) in [5, 5.41) is 9.40. The lowest BCUT2D eigenvalue weighted by molar-refractivity contribution is 0.0771. The second kappa shape index (κ2) is 7.12. The first-order chi connectivity index (χ1) is 10.7. The van der Waals surface area contributed by atoms with Gasteiger partial charge in [-0.2, -0.15) is 0 Å². The van der Waals surface area contributed by atoms with E-state index in [0.717, 1.165) is 26.1 Å². The normalized spacial score (nSPS) is 22.8. The molecular weight excluding hydrogens is 272 g/mol. The third-order valence-corrected chi connectivity index (χ3v) is 4.77. The summed E-state index contributed by atoms with van der Waals surface area (Å²) in [5.41, 5.74) is 2.69. The summed E-state index contributed by atoms with van der Waals surface area (Å²) in [6, 6.07) is 13.4. The van der Waals surface area contributed by atoms with Crippen molar-refractivity contribution in [2.45, 2.75) is 38.9 Å². The highest BCUT2D eigenvalue weighted by Crippen LogP contribution is 2.23. The average molecular weight is 298 g/mol. The summed E-state index contributed by atoms with van der Waals surface area (Å²) < 4.78 is 2.25. The molecule has 3 heteroatoms. The molecule has 1 aliphatic heterocycles. The molecule has 0 amide bonds. The van der Waals surface area contributed by atoms with Crippen LogP contribution in [0, 0.1) is 5.92 Å². The van der Waals surface area contributed by atoms with Gasteiger partial charge in [0.05, 0.1) is 0 Å². The van der Waals surface area contributed by atoms with Crippen LogP contribution in [0.1, 0.15) is 30.9 Å². The van der Waals surface area contributed by atoms with E-state index >= 15 is 0 Å². The largest absolute Gasteiger partial charge is 0.396 e. The Balaban J connectivity index is 1.61. The molecule has 2 unspecified atom stereocenters. The molecule has 1 aromatic carbocycles. The molecule has 0 bridgehead atoms. The summed E-state index contributed by atoms with van der Waals surface area (Å²) in [7, 11) is 0. The number of hydrogen-bond donors (Lipinski definition) is 1. The number of benzene rings is 1. The van der Waals surface area contributed by atoms with Gasteiger partial charge in [-0.05, 0) is 42.9 Å². The summed E-state index contributed by atoms with van der Waals surface area (Å²) in [6.07, 6.45) is 6.77. The standard InChI is InChI=1S/C19H26N2O/c1-16-7-8-19(15-22)14-21(16)13-18-9-10-20(12-18)11-17-5-3-2-4-6-17/h2-6,9-10,12,16,19,22H,7-8,11,13-15H2,1H3. The second-order valence-corrected chi connectivity index (χ2v) is 6.58. The van der Waals surface area contributed by atoms with Gasteiger partial charge in [-0.15, -0.1) is 0 Å². The predicted octanol–water partition coefficient (Wildman–Crippen LogP) is 3.13. The summed E-state index contributed by atoms with van der Waals surface area (Å²) in [6.45, 7) is 5.55. The number of piperidine rings is 1. The maximum absolute atomic E-state index is 9.40. The SMILES string of the molecule is CC1CCC(CO)CN1Cc1ccn(Cc2ccccc2)c1. The van der Waals surface area contributed by atoms with Crippen LogP contribution >= 0.6 is 0 Å². The summed E-state index contributed by atoms with van der Waals surface area (Å²) >= 11 is 0. The van der Waals surface area contributed by atoms with Gasteiger partial charge in [0.25, 0.3) is 0 Å². The van der Waals surface area contributed by atoms with Gasteiger partial charge in [-0.3, -0.25) is 4.90 Å². The smallest absolute Gasteiger partial charge is 0.0471 e. The zero-order valence-electron chi connectivity index (χ0n) is 13.4. The third kappa shape index (κ3) is 3.79. The number of aliphatic hydroxyl groups excluding tert-OH is 1. The summed E-state index contributed by atoms with van der Waals surface area (Å²) in [5.74, 6) is 0.447. The fourth-order valence-corrected chi connectivity index (χ4v) is 3.34. The summed E-state index contributed by atoms with van der Waals surface area (Å²) in [4.78, 5) is 2.51. The van der Waals surface area contributed by atoms with E-state index in [1.54, 1.807) is 0 Å². The van der Waals surface area contributed by atoms with Gasteiger partial charge in [0.15, 0.2) is 0 Å². The van der Waals surface area contributed by atoms with Crippen LogP contribution in [-0.2, 0) is 13.1 Å². The lowest BCUT2D eigenvalue weighted by atomic mass is 9.94. The molecule has 1 aliphatic rings. The molecule has 1 N–H and O–H groups in total. The van der Waals surface area contributed by atoms with E-state index in [1.165, 1.54) is 17.5 Å². The van der Waals surface area contributed by atoms with E-state index in [9.17, 15) is 5.11 Å². The zero-order valence-corrected chi connectivity index (χ0v) is 13.4. The van der Waals surface area contributed by atoms with Crippen molar-refractivity contribution in [3.05, 3.63) is 59.9 Å². The molecule has 2 atom stereocenters. The molecule has 2 heterocycles. The number of hydrogen-bond acceptors (Lipinski definition) is 2. The molecule has 22 heavy (non-hydrogen) atoms. The van der Waals surface area contributed by atoms with Gasteiger partial charge in [0.2, 0.25) is 0 Å². The van der Waals surface area contributed by atoms with Gasteiger partial charge < -0.3 is 9.67 Å². The van der Waals surface area contributed by atoms with Crippen molar-refractivity contribution in [1.82, 2.24) is 9.47 Å². The van der Waals surface area contributed by atoms with Gasteiger partial charge in [-0.25, -0.2) is 0 Å². The number of likely N-dealkylation sites (tertiary alicyclic amines) is 1. The molecule has 3 rings (SSSR count). The highest BCUT2D eigenvalue weighted by Gasteiger charge is 2.24. The van der Waals surface area contributed by atoms with Crippen molar-refractivity contribution in [2.24, 2.45) is 5.92 Å². The first kappa shape index (κ1) is 15.3. The highest BCUT2D eigenvalue weighted by atomic mass is 16.3. The highest BCUT2D eigenvalue weighted by molar-refractivity contribution is 5.17. The Kier molecular flexibility index (Phi) is 4.96. The van der Waals surface area contributed by atoms with Crippen molar-refractivity contribution in [2.75, 3.05) is 13.2 Å². The lowest BCUT2D eigenvalue weighted by Crippen LogP contribution is -2.42. The van der Waals surface area contributed by atoms with E-state index in [1.807, 2.05) is 0 Å². The second-order valence-electron chi connectivity index (χ2n) is 6.58. The molecule has 0 saturated carbocycles. The maximum Gasteiger partial charge on any atom is 0.0471 e. The van der Waals surface area contributed by atoms with Gasteiger partial charge >= 0.3 is 0 Å². The van der Waals surface area contributed by atoms with Gasteiger partial charge in [0, 0.05) is 44.7 Å². The Morgan fingerprint density at radius 2 is 1.86 bits per heavy atom. The monoisotopic (exact) mass is 298 g/mol. The number of rotatable bonds is 5. The fourth-order valence-electron chi connectivity index (χ4n) is 3.34. The molecule has 118 valence electrons. The maximum atomic E-state index is 9.40. The first-order valence-electron chi connectivity index (χ1n) is 8.28. The quantitative estimate of drug-likeness (QED) is 0.918. The molecule has 2 aromatic rings. The van der Waals surface area contributed by atoms with Crippen LogP contribution in [0.2, 0.25) is 0 Å². The Morgan fingerprint density at radius 1 is 1.05 bits per heavy atom. The van der Waals surface area contributed by atoms with Crippen molar-refractivity contribution in [3.63, 3.8) is 0 Å². The predicted molar refractivity (Wildman–Crippen MR) is 89.7 cm³/mol. The number of nitrogens with zero attached hydrogens (tertiary/aromatic N) is 2. The molecule has 1 fully saturated rings. The Hall–Kier alpha value is -1.58.